The molecule has 0 bridgehead atoms. The van der Waals surface area contributed by atoms with Gasteiger partial charge in [0.05, 0.1) is 40.3 Å². The Balaban J connectivity index is 1.85. The zero-order valence-electron chi connectivity index (χ0n) is 14.6. The molecule has 0 saturated carbocycles. The van der Waals surface area contributed by atoms with E-state index in [0.29, 0.717) is 17.5 Å². The fraction of sp³-hybridized carbons (Fsp3) is 0.235. The van der Waals surface area contributed by atoms with Crippen LogP contribution in [0.25, 0.3) is 0 Å². The molecule has 28 heavy (non-hydrogen) atoms. The van der Waals surface area contributed by atoms with Crippen molar-refractivity contribution >= 4 is 23.2 Å². The van der Waals surface area contributed by atoms with Crippen molar-refractivity contribution in [1.82, 2.24) is 14.9 Å². The van der Waals surface area contributed by atoms with Crippen molar-refractivity contribution in [3.05, 3.63) is 63.5 Å². The average Bonchev–Trinajstić information content (AvgIpc) is 3.17. The number of amides is 1. The quantitative estimate of drug-likeness (QED) is 0.631. The van der Waals surface area contributed by atoms with Crippen LogP contribution in [0.1, 0.15) is 32.9 Å². The third kappa shape index (κ3) is 3.86. The molecule has 0 radical (unpaired) electrons. The van der Waals surface area contributed by atoms with Crippen molar-refractivity contribution in [3.63, 3.8) is 0 Å². The first-order chi connectivity index (χ1) is 13.1. The lowest BCUT2D eigenvalue weighted by atomic mass is 10.1. The minimum absolute atomic E-state index is 0.0873. The van der Waals surface area contributed by atoms with E-state index in [1.807, 2.05) is 0 Å². The zero-order chi connectivity index (χ0) is 20.6. The highest BCUT2D eigenvalue weighted by atomic mass is 35.5. The van der Waals surface area contributed by atoms with Crippen molar-refractivity contribution in [2.24, 2.45) is 0 Å². The monoisotopic (exact) mass is 416 g/mol. The van der Waals surface area contributed by atoms with E-state index in [4.69, 9.17) is 16.1 Å². The molecule has 11 heteroatoms. The Morgan fingerprint density at radius 3 is 2.64 bits per heavy atom. The molecule has 0 unspecified atom stereocenters. The van der Waals surface area contributed by atoms with Crippen molar-refractivity contribution < 1.29 is 26.9 Å². The van der Waals surface area contributed by atoms with Crippen LogP contribution in [0.15, 0.2) is 29.0 Å². The highest BCUT2D eigenvalue weighted by molar-refractivity contribution is 6.31. The largest absolute Gasteiger partial charge is 0.417 e. The number of aryl methyl sites for hydroxylation is 2. The normalized spacial score (nSPS) is 11.7. The van der Waals surface area contributed by atoms with Crippen molar-refractivity contribution in [2.75, 3.05) is 5.32 Å². The van der Waals surface area contributed by atoms with E-state index in [1.165, 1.54) is 17.1 Å². The van der Waals surface area contributed by atoms with Gasteiger partial charge in [0, 0.05) is 11.8 Å². The van der Waals surface area contributed by atoms with E-state index in [-0.39, 0.29) is 12.2 Å². The number of alkyl halides is 3. The number of nitrogens with one attached hydrogen (secondary N) is 1. The van der Waals surface area contributed by atoms with Gasteiger partial charge in [0.15, 0.2) is 5.82 Å². The number of carbonyl (C=O) groups is 1. The second-order valence-electron chi connectivity index (χ2n) is 5.97. The number of benzene rings is 1. The molecule has 3 aromatic rings. The first kappa shape index (κ1) is 19.9. The summed E-state index contributed by atoms with van der Waals surface area (Å²) in [5, 5.41) is 9.45. The van der Waals surface area contributed by atoms with Crippen molar-refractivity contribution in [1.29, 1.82) is 0 Å². The Labute approximate surface area is 161 Å². The molecule has 1 N–H and O–H groups in total. The number of rotatable bonds is 4. The maximum Gasteiger partial charge on any atom is 0.417 e. The number of hydrogen-bond acceptors (Lipinski definition) is 4. The molecule has 1 aromatic carbocycles. The Bertz CT molecular complexity index is 1020. The molecule has 0 aliphatic heterocycles. The van der Waals surface area contributed by atoms with Gasteiger partial charge in [-0.1, -0.05) is 16.8 Å². The summed E-state index contributed by atoms with van der Waals surface area (Å²) in [5.41, 5.74) is -1.08. The van der Waals surface area contributed by atoms with Gasteiger partial charge in [-0.3, -0.25) is 9.48 Å². The molecule has 6 nitrogen and oxygen atoms in total. The highest BCUT2D eigenvalue weighted by Gasteiger charge is 2.37. The molecule has 2 aromatic heterocycles. The van der Waals surface area contributed by atoms with Crippen LogP contribution in [0, 0.1) is 19.7 Å². The molecule has 0 atom stereocenters. The van der Waals surface area contributed by atoms with Crippen LogP contribution < -0.4 is 5.32 Å². The standard InChI is InChI=1S/C17H13ClF4N4O2/c1-8-11(9(2)28-25-8)7-26-6-10(5-23-26)24-16(27)14-12(17(20,21)22)3-4-13(18)15(14)19/h3-6H,7H2,1-2H3,(H,24,27). The van der Waals surface area contributed by atoms with Crippen LogP contribution in [-0.2, 0) is 12.7 Å². The first-order valence-electron chi connectivity index (χ1n) is 7.88. The number of anilines is 1. The van der Waals surface area contributed by atoms with Gasteiger partial charge in [-0.2, -0.15) is 18.3 Å². The van der Waals surface area contributed by atoms with E-state index in [1.54, 1.807) is 13.8 Å². The Kier molecular flexibility index (Phi) is 5.16. The number of hydrogen-bond donors (Lipinski definition) is 1. The fourth-order valence-corrected chi connectivity index (χ4v) is 2.76. The van der Waals surface area contributed by atoms with Crippen LogP contribution in [0.2, 0.25) is 5.02 Å². The molecule has 0 fully saturated rings. The third-order valence-electron chi connectivity index (χ3n) is 4.02. The molecular formula is C17H13ClF4N4O2. The number of nitrogens with zero attached hydrogens (tertiary/aromatic N) is 3. The smallest absolute Gasteiger partial charge is 0.361 e. The van der Waals surface area contributed by atoms with Crippen LogP contribution in [-0.4, -0.2) is 20.8 Å². The predicted octanol–water partition coefficient (Wildman–Crippen LogP) is 4.60. The minimum atomic E-state index is -4.92. The predicted molar refractivity (Wildman–Crippen MR) is 91.7 cm³/mol. The van der Waals surface area contributed by atoms with E-state index in [9.17, 15) is 22.4 Å². The number of carbonyl (C=O) groups excluding carboxylic acids is 1. The van der Waals surface area contributed by atoms with Gasteiger partial charge in [0.2, 0.25) is 0 Å². The second-order valence-corrected chi connectivity index (χ2v) is 6.37. The summed E-state index contributed by atoms with van der Waals surface area (Å²) in [7, 11) is 0. The summed E-state index contributed by atoms with van der Waals surface area (Å²) in [4.78, 5) is 12.3. The minimum Gasteiger partial charge on any atom is -0.361 e. The van der Waals surface area contributed by atoms with Crippen molar-refractivity contribution in [3.8, 4) is 0 Å². The maximum absolute atomic E-state index is 14.2. The topological polar surface area (TPSA) is 73.0 Å². The Hall–Kier alpha value is -2.88. The second kappa shape index (κ2) is 7.27. The lowest BCUT2D eigenvalue weighted by molar-refractivity contribution is -0.138. The zero-order valence-corrected chi connectivity index (χ0v) is 15.3. The molecule has 0 aliphatic rings. The van der Waals surface area contributed by atoms with Crippen molar-refractivity contribution in [2.45, 2.75) is 26.6 Å². The van der Waals surface area contributed by atoms with Gasteiger partial charge in [-0.15, -0.1) is 0 Å². The number of aromatic nitrogens is 3. The summed E-state index contributed by atoms with van der Waals surface area (Å²) < 4.78 is 60.0. The maximum atomic E-state index is 14.2. The Morgan fingerprint density at radius 2 is 2.04 bits per heavy atom. The van der Waals surface area contributed by atoms with Crippen LogP contribution >= 0.6 is 11.6 Å². The summed E-state index contributed by atoms with van der Waals surface area (Å²) in [5.74, 6) is -2.14. The SMILES string of the molecule is Cc1noc(C)c1Cn1cc(NC(=O)c2c(C(F)(F)F)ccc(Cl)c2F)cn1. The summed E-state index contributed by atoms with van der Waals surface area (Å²) in [6, 6.07) is 1.30. The summed E-state index contributed by atoms with van der Waals surface area (Å²) in [6.07, 6.45) is -2.31. The van der Waals surface area contributed by atoms with E-state index >= 15 is 0 Å². The third-order valence-corrected chi connectivity index (χ3v) is 4.31. The van der Waals surface area contributed by atoms with Gasteiger partial charge in [-0.25, -0.2) is 4.39 Å². The lowest BCUT2D eigenvalue weighted by Gasteiger charge is -2.13. The molecular weight excluding hydrogens is 404 g/mol. The average molecular weight is 417 g/mol. The van der Waals surface area contributed by atoms with Crippen LogP contribution in [0.3, 0.4) is 0 Å². The van der Waals surface area contributed by atoms with Gasteiger partial charge in [-0.05, 0) is 26.0 Å². The van der Waals surface area contributed by atoms with E-state index < -0.39 is 34.1 Å². The first-order valence-corrected chi connectivity index (χ1v) is 8.26. The number of halogens is 5. The van der Waals surface area contributed by atoms with Crippen LogP contribution in [0.4, 0.5) is 23.2 Å². The molecule has 0 saturated heterocycles. The molecule has 0 spiro atoms. The van der Waals surface area contributed by atoms with Crippen LogP contribution in [0.5, 0.6) is 0 Å². The highest BCUT2D eigenvalue weighted by Crippen LogP contribution is 2.35. The van der Waals surface area contributed by atoms with Gasteiger partial charge in [0.1, 0.15) is 5.76 Å². The molecule has 2 heterocycles. The molecule has 148 valence electrons. The van der Waals surface area contributed by atoms with Gasteiger partial charge >= 0.3 is 6.18 Å². The molecule has 1 amide bonds. The van der Waals surface area contributed by atoms with E-state index in [2.05, 4.69) is 15.6 Å². The fourth-order valence-electron chi connectivity index (χ4n) is 2.61. The molecule has 3 rings (SSSR count). The lowest BCUT2D eigenvalue weighted by Crippen LogP contribution is -2.20. The van der Waals surface area contributed by atoms with E-state index in [0.717, 1.165) is 11.6 Å². The molecule has 0 aliphatic carbocycles. The summed E-state index contributed by atoms with van der Waals surface area (Å²) >= 11 is 5.54. The Morgan fingerprint density at radius 1 is 1.32 bits per heavy atom. The van der Waals surface area contributed by atoms with Gasteiger partial charge in [0.25, 0.3) is 5.91 Å². The van der Waals surface area contributed by atoms with Gasteiger partial charge < -0.3 is 9.84 Å². The summed E-state index contributed by atoms with van der Waals surface area (Å²) in [6.45, 7) is 3.75.